The van der Waals surface area contributed by atoms with Gasteiger partial charge in [0.1, 0.15) is 0 Å². The molecule has 1 amide bonds. The van der Waals surface area contributed by atoms with Crippen molar-refractivity contribution in [3.8, 4) is 0 Å². The molecule has 0 aliphatic heterocycles. The van der Waals surface area contributed by atoms with E-state index in [0.29, 0.717) is 11.3 Å². The Kier molecular flexibility index (Phi) is 5.52. The highest BCUT2D eigenvalue weighted by Gasteiger charge is 2.07. The average molecular weight is 310 g/mol. The van der Waals surface area contributed by atoms with Crippen LogP contribution in [0.4, 0.5) is 5.69 Å². The topological polar surface area (TPSA) is 67.4 Å². The van der Waals surface area contributed by atoms with E-state index in [9.17, 15) is 9.59 Å². The number of amides is 1. The first kappa shape index (κ1) is 16.3. The van der Waals surface area contributed by atoms with Gasteiger partial charge in [0.05, 0.1) is 0 Å². The maximum atomic E-state index is 11.7. The molecule has 0 aromatic heterocycles. The minimum Gasteiger partial charge on any atom is -0.359 e. The highest BCUT2D eigenvalue weighted by molar-refractivity contribution is 5.94. The van der Waals surface area contributed by atoms with Crippen LogP contribution in [0.25, 0.3) is 0 Å². The van der Waals surface area contributed by atoms with Crippen molar-refractivity contribution in [3.05, 3.63) is 77.5 Å². The van der Waals surface area contributed by atoms with Crippen molar-refractivity contribution in [2.75, 3.05) is 5.32 Å². The fourth-order valence-electron chi connectivity index (χ4n) is 1.85. The Morgan fingerprint density at radius 1 is 1.00 bits per heavy atom. The monoisotopic (exact) mass is 310 g/mol. The van der Waals surface area contributed by atoms with Crippen molar-refractivity contribution >= 4 is 17.6 Å². The second kappa shape index (κ2) is 7.79. The molecule has 118 valence electrons. The molecule has 0 spiro atoms. The lowest BCUT2D eigenvalue weighted by atomic mass is 10.2. The third-order valence-electron chi connectivity index (χ3n) is 3.01. The van der Waals surface area contributed by atoms with Crippen LogP contribution in [0.5, 0.6) is 0 Å². The Morgan fingerprint density at radius 3 is 2.30 bits per heavy atom. The van der Waals surface area contributed by atoms with Gasteiger partial charge in [-0.15, -0.1) is 0 Å². The fourth-order valence-corrected chi connectivity index (χ4v) is 1.85. The molecule has 0 unspecified atom stereocenters. The maximum Gasteiger partial charge on any atom is 0.357 e. The number of hydrogen-bond donors (Lipinski definition) is 2. The first-order valence-electron chi connectivity index (χ1n) is 7.13. The largest absolute Gasteiger partial charge is 0.359 e. The van der Waals surface area contributed by atoms with Crippen LogP contribution in [-0.4, -0.2) is 11.9 Å². The van der Waals surface area contributed by atoms with Gasteiger partial charge in [0.2, 0.25) is 0 Å². The predicted molar refractivity (Wildman–Crippen MR) is 88.6 cm³/mol. The van der Waals surface area contributed by atoms with Gasteiger partial charge in [0, 0.05) is 23.0 Å². The summed E-state index contributed by atoms with van der Waals surface area (Å²) in [5.74, 6) is -1.14. The summed E-state index contributed by atoms with van der Waals surface area (Å²) in [5.41, 5.74) is 5.15. The molecule has 2 N–H and O–H groups in total. The van der Waals surface area contributed by atoms with Crippen LogP contribution in [0, 0.1) is 6.92 Å². The van der Waals surface area contributed by atoms with Crippen molar-refractivity contribution < 1.29 is 14.4 Å². The zero-order valence-corrected chi connectivity index (χ0v) is 13.0. The molecule has 0 saturated carbocycles. The molecule has 0 aliphatic carbocycles. The average Bonchev–Trinajstić information content (AvgIpc) is 2.55. The van der Waals surface area contributed by atoms with Crippen LogP contribution in [0.3, 0.4) is 0 Å². The Balaban J connectivity index is 1.85. The molecule has 2 aromatic rings. The molecule has 0 heterocycles. The van der Waals surface area contributed by atoms with Gasteiger partial charge in [-0.2, -0.15) is 5.48 Å². The molecule has 2 rings (SSSR count). The van der Waals surface area contributed by atoms with E-state index in [0.717, 1.165) is 11.3 Å². The van der Waals surface area contributed by atoms with Crippen molar-refractivity contribution in [1.82, 2.24) is 5.48 Å². The molecule has 2 aromatic carbocycles. The minimum absolute atomic E-state index is 0.416. The number of nitrogens with one attached hydrogen (secondary N) is 2. The Labute approximate surface area is 134 Å². The number of hydrogen-bond acceptors (Lipinski definition) is 4. The molecule has 0 radical (unpaired) electrons. The molecule has 0 saturated heterocycles. The molecular weight excluding hydrogens is 292 g/mol. The van der Waals surface area contributed by atoms with Crippen molar-refractivity contribution in [1.29, 1.82) is 0 Å². The van der Waals surface area contributed by atoms with Crippen LogP contribution >= 0.6 is 0 Å². The predicted octanol–water partition coefficient (Wildman–Crippen LogP) is 3.20. The van der Waals surface area contributed by atoms with Crippen molar-refractivity contribution in [2.45, 2.75) is 13.8 Å². The molecular formula is C18H18N2O3. The van der Waals surface area contributed by atoms with Crippen LogP contribution in [0.15, 0.2) is 66.4 Å². The third-order valence-corrected chi connectivity index (χ3v) is 3.01. The number of hydroxylamine groups is 1. The Bertz CT molecular complexity index is 707. The van der Waals surface area contributed by atoms with Crippen LogP contribution in [0.2, 0.25) is 0 Å². The molecule has 5 heteroatoms. The van der Waals surface area contributed by atoms with E-state index < -0.39 is 11.9 Å². The summed E-state index contributed by atoms with van der Waals surface area (Å²) in [6.45, 7) is 3.74. The van der Waals surface area contributed by atoms with Crippen molar-refractivity contribution in [2.24, 2.45) is 0 Å². The summed E-state index contributed by atoms with van der Waals surface area (Å²) in [7, 11) is 0. The van der Waals surface area contributed by atoms with Crippen LogP contribution in [-0.2, 0) is 9.63 Å². The fraction of sp³-hybridized carbons (Fsp3) is 0.111. The number of allylic oxidation sites excluding steroid dienone is 1. The number of aryl methyl sites for hydroxylation is 1. The summed E-state index contributed by atoms with van der Waals surface area (Å²) in [6.07, 6.45) is 1.27. The van der Waals surface area contributed by atoms with E-state index in [-0.39, 0.29) is 0 Å². The summed E-state index contributed by atoms with van der Waals surface area (Å²) >= 11 is 0. The molecule has 0 fully saturated rings. The molecule has 23 heavy (non-hydrogen) atoms. The highest BCUT2D eigenvalue weighted by Crippen LogP contribution is 2.11. The minimum atomic E-state index is -0.661. The smallest absolute Gasteiger partial charge is 0.357 e. The van der Waals surface area contributed by atoms with Crippen molar-refractivity contribution in [3.63, 3.8) is 0 Å². The summed E-state index contributed by atoms with van der Waals surface area (Å²) < 4.78 is 0. The number of rotatable bonds is 4. The Hall–Kier alpha value is -3.08. The van der Waals surface area contributed by atoms with Crippen LogP contribution < -0.4 is 10.8 Å². The van der Waals surface area contributed by atoms with Gasteiger partial charge in [0.15, 0.2) is 0 Å². The zero-order chi connectivity index (χ0) is 16.7. The number of carbonyl (C=O) groups excluding carboxylic acids is 2. The first-order valence-corrected chi connectivity index (χ1v) is 7.13. The van der Waals surface area contributed by atoms with Gasteiger partial charge in [0.25, 0.3) is 5.91 Å². The molecule has 5 nitrogen and oxygen atoms in total. The van der Waals surface area contributed by atoms with E-state index in [2.05, 4.69) is 10.8 Å². The quantitative estimate of drug-likeness (QED) is 0.672. The summed E-state index contributed by atoms with van der Waals surface area (Å²) in [4.78, 5) is 28.1. The molecule has 0 aliphatic rings. The van der Waals surface area contributed by atoms with E-state index in [4.69, 9.17) is 4.84 Å². The second-order valence-electron chi connectivity index (χ2n) is 5.04. The summed E-state index contributed by atoms with van der Waals surface area (Å²) in [6, 6.07) is 16.3. The number of anilines is 1. The lowest BCUT2D eigenvalue weighted by Gasteiger charge is -2.07. The number of benzene rings is 2. The van der Waals surface area contributed by atoms with Gasteiger partial charge in [-0.1, -0.05) is 35.9 Å². The number of carbonyl (C=O) groups is 2. The zero-order valence-electron chi connectivity index (χ0n) is 13.0. The van der Waals surface area contributed by atoms with E-state index in [1.165, 1.54) is 6.08 Å². The SMILES string of the molecule is C/C(=C\C(=O)ONC(=O)c1ccccc1)Nc1ccc(C)cc1. The van der Waals surface area contributed by atoms with Gasteiger partial charge in [-0.3, -0.25) is 4.79 Å². The van der Waals surface area contributed by atoms with E-state index >= 15 is 0 Å². The van der Waals surface area contributed by atoms with Gasteiger partial charge >= 0.3 is 5.97 Å². The standard InChI is InChI=1S/C18H18N2O3/c1-13-8-10-16(11-9-13)19-14(2)12-17(21)23-20-18(22)15-6-4-3-5-7-15/h3-12,19H,1-2H3,(H,20,22)/b14-12+. The maximum absolute atomic E-state index is 11.7. The normalized spacial score (nSPS) is 10.8. The third kappa shape index (κ3) is 5.32. The molecule has 0 atom stereocenters. The van der Waals surface area contributed by atoms with E-state index in [1.54, 1.807) is 37.3 Å². The highest BCUT2D eigenvalue weighted by atomic mass is 16.7. The van der Waals surface area contributed by atoms with Crippen LogP contribution in [0.1, 0.15) is 22.8 Å². The lowest BCUT2D eigenvalue weighted by molar-refractivity contribution is -0.142. The lowest BCUT2D eigenvalue weighted by Crippen LogP contribution is -2.26. The van der Waals surface area contributed by atoms with E-state index in [1.807, 2.05) is 31.2 Å². The van der Waals surface area contributed by atoms with Gasteiger partial charge in [-0.05, 0) is 38.1 Å². The second-order valence-corrected chi connectivity index (χ2v) is 5.04. The summed E-state index contributed by atoms with van der Waals surface area (Å²) in [5, 5.41) is 3.07. The van der Waals surface area contributed by atoms with Gasteiger partial charge in [-0.25, -0.2) is 4.79 Å². The first-order chi connectivity index (χ1) is 11.0. The van der Waals surface area contributed by atoms with Gasteiger partial charge < -0.3 is 10.2 Å². The molecule has 0 bridgehead atoms. The Morgan fingerprint density at radius 2 is 1.65 bits per heavy atom.